The van der Waals surface area contributed by atoms with E-state index >= 15 is 0 Å². The van der Waals surface area contributed by atoms with Crippen LogP contribution in [0.2, 0.25) is 0 Å². The van der Waals surface area contributed by atoms with E-state index in [1.807, 2.05) is 0 Å². The molecule has 0 aliphatic rings. The van der Waals surface area contributed by atoms with Crippen molar-refractivity contribution in [1.82, 2.24) is 5.32 Å². The Morgan fingerprint density at radius 1 is 1.19 bits per heavy atom. The lowest BCUT2D eigenvalue weighted by Gasteiger charge is -2.08. The van der Waals surface area contributed by atoms with Crippen LogP contribution in [0.25, 0.3) is 0 Å². The van der Waals surface area contributed by atoms with Crippen molar-refractivity contribution < 1.29 is 19.1 Å². The molecule has 1 amide bonds. The van der Waals surface area contributed by atoms with Crippen LogP contribution in [0.3, 0.4) is 0 Å². The number of amides is 1. The molecule has 1 N–H and O–H groups in total. The minimum absolute atomic E-state index is 0.220. The van der Waals surface area contributed by atoms with Gasteiger partial charge in [-0.3, -0.25) is 0 Å². The molecule has 0 heterocycles. The molecule has 0 aliphatic heterocycles. The van der Waals surface area contributed by atoms with Gasteiger partial charge in [-0.2, -0.15) is 0 Å². The molecule has 0 radical (unpaired) electrons. The third-order valence-electron chi connectivity index (χ3n) is 2.03. The summed E-state index contributed by atoms with van der Waals surface area (Å²) in [4.78, 5) is 22.3. The molecular weight excluding hydrogens is 210 g/mol. The van der Waals surface area contributed by atoms with E-state index in [2.05, 4.69) is 14.8 Å². The van der Waals surface area contributed by atoms with Crippen LogP contribution in [0.15, 0.2) is 24.3 Å². The van der Waals surface area contributed by atoms with Crippen molar-refractivity contribution in [2.45, 2.75) is 6.54 Å². The van der Waals surface area contributed by atoms with Crippen LogP contribution in [-0.2, 0) is 16.0 Å². The molecular formula is C11H13NO4. The molecule has 86 valence electrons. The summed E-state index contributed by atoms with van der Waals surface area (Å²) in [6, 6.07) is 6.89. The van der Waals surface area contributed by atoms with E-state index in [1.54, 1.807) is 24.3 Å². The van der Waals surface area contributed by atoms with E-state index in [9.17, 15) is 9.59 Å². The molecule has 0 fully saturated rings. The minimum atomic E-state index is -0.542. The van der Waals surface area contributed by atoms with Gasteiger partial charge in [0.1, 0.15) is 0 Å². The van der Waals surface area contributed by atoms with Crippen molar-refractivity contribution in [3.05, 3.63) is 35.4 Å². The Kier molecular flexibility index (Phi) is 4.32. The van der Waals surface area contributed by atoms with Crippen LogP contribution in [-0.4, -0.2) is 26.3 Å². The van der Waals surface area contributed by atoms with Gasteiger partial charge >= 0.3 is 12.1 Å². The fourth-order valence-corrected chi connectivity index (χ4v) is 1.22. The number of ether oxygens (including phenoxy) is 2. The van der Waals surface area contributed by atoms with Crippen LogP contribution in [0.4, 0.5) is 4.79 Å². The standard InChI is InChI=1S/C11H13NO4/c1-15-10(13)9-6-4-3-5-8(9)7-12-11(14)16-2/h3-6H,7H2,1-2H3,(H,12,14). The fourth-order valence-electron chi connectivity index (χ4n) is 1.22. The van der Waals surface area contributed by atoms with Gasteiger partial charge < -0.3 is 14.8 Å². The first-order valence-electron chi connectivity index (χ1n) is 4.67. The van der Waals surface area contributed by atoms with Crippen LogP contribution in [0, 0.1) is 0 Å². The number of esters is 1. The summed E-state index contributed by atoms with van der Waals surface area (Å²) < 4.78 is 9.06. The molecule has 0 spiro atoms. The maximum Gasteiger partial charge on any atom is 0.407 e. The van der Waals surface area contributed by atoms with Crippen molar-refractivity contribution in [2.24, 2.45) is 0 Å². The predicted molar refractivity (Wildman–Crippen MR) is 57.0 cm³/mol. The Labute approximate surface area is 93.4 Å². The fraction of sp³-hybridized carbons (Fsp3) is 0.273. The normalized spacial score (nSPS) is 9.38. The lowest BCUT2D eigenvalue weighted by molar-refractivity contribution is 0.0599. The second-order valence-electron chi connectivity index (χ2n) is 2.99. The van der Waals surface area contributed by atoms with E-state index in [4.69, 9.17) is 0 Å². The van der Waals surface area contributed by atoms with Gasteiger partial charge in [0.25, 0.3) is 0 Å². The Hall–Kier alpha value is -2.04. The number of rotatable bonds is 3. The number of carbonyl (C=O) groups excluding carboxylic acids is 2. The van der Waals surface area contributed by atoms with Crippen molar-refractivity contribution in [2.75, 3.05) is 14.2 Å². The first-order chi connectivity index (χ1) is 7.69. The Morgan fingerprint density at radius 2 is 1.88 bits per heavy atom. The lowest BCUT2D eigenvalue weighted by Crippen LogP contribution is -2.23. The second kappa shape index (κ2) is 5.75. The van der Waals surface area contributed by atoms with Crippen LogP contribution in [0.5, 0.6) is 0 Å². The number of hydrogen-bond donors (Lipinski definition) is 1. The number of benzene rings is 1. The maximum absolute atomic E-state index is 11.4. The van der Waals surface area contributed by atoms with E-state index < -0.39 is 12.1 Å². The van der Waals surface area contributed by atoms with Gasteiger partial charge in [-0.05, 0) is 11.6 Å². The minimum Gasteiger partial charge on any atom is -0.465 e. The SMILES string of the molecule is COC(=O)NCc1ccccc1C(=O)OC. The van der Waals surface area contributed by atoms with Gasteiger partial charge in [0.15, 0.2) is 0 Å². The summed E-state index contributed by atoms with van der Waals surface area (Å²) in [6.07, 6.45) is -0.542. The van der Waals surface area contributed by atoms with Crippen molar-refractivity contribution >= 4 is 12.1 Å². The third kappa shape index (κ3) is 2.98. The van der Waals surface area contributed by atoms with Gasteiger partial charge in [-0.15, -0.1) is 0 Å². The lowest BCUT2D eigenvalue weighted by atomic mass is 10.1. The molecule has 5 nitrogen and oxygen atoms in total. The van der Waals surface area contributed by atoms with Gasteiger partial charge in [-0.1, -0.05) is 18.2 Å². The average molecular weight is 223 g/mol. The highest BCUT2D eigenvalue weighted by atomic mass is 16.5. The molecule has 1 aromatic rings. The quantitative estimate of drug-likeness (QED) is 0.785. The van der Waals surface area contributed by atoms with Gasteiger partial charge in [0.2, 0.25) is 0 Å². The van der Waals surface area contributed by atoms with E-state index in [-0.39, 0.29) is 6.54 Å². The summed E-state index contributed by atoms with van der Waals surface area (Å²) in [5.74, 6) is -0.428. The molecule has 0 bridgehead atoms. The summed E-state index contributed by atoms with van der Waals surface area (Å²) in [5, 5.41) is 2.50. The highest BCUT2D eigenvalue weighted by molar-refractivity contribution is 5.91. The van der Waals surface area contributed by atoms with Crippen LogP contribution >= 0.6 is 0 Å². The second-order valence-corrected chi connectivity index (χ2v) is 2.99. The molecule has 0 unspecified atom stereocenters. The molecule has 0 aliphatic carbocycles. The van der Waals surface area contributed by atoms with Crippen molar-refractivity contribution in [1.29, 1.82) is 0 Å². The monoisotopic (exact) mass is 223 g/mol. The highest BCUT2D eigenvalue weighted by Crippen LogP contribution is 2.09. The van der Waals surface area contributed by atoms with Crippen molar-refractivity contribution in [3.63, 3.8) is 0 Å². The van der Waals surface area contributed by atoms with E-state index in [0.717, 1.165) is 0 Å². The van der Waals surface area contributed by atoms with E-state index in [0.29, 0.717) is 11.1 Å². The highest BCUT2D eigenvalue weighted by Gasteiger charge is 2.11. The summed E-state index contributed by atoms with van der Waals surface area (Å²) >= 11 is 0. The zero-order chi connectivity index (χ0) is 12.0. The Morgan fingerprint density at radius 3 is 2.50 bits per heavy atom. The molecule has 1 rings (SSSR count). The Balaban J connectivity index is 2.79. The number of hydrogen-bond acceptors (Lipinski definition) is 4. The molecule has 1 aromatic carbocycles. The van der Waals surface area contributed by atoms with Gasteiger partial charge in [-0.25, -0.2) is 9.59 Å². The molecule has 0 aromatic heterocycles. The first kappa shape index (κ1) is 12.0. The van der Waals surface area contributed by atoms with Gasteiger partial charge in [0, 0.05) is 6.54 Å². The van der Waals surface area contributed by atoms with Gasteiger partial charge in [0.05, 0.1) is 19.8 Å². The summed E-state index contributed by atoms with van der Waals surface area (Å²) in [7, 11) is 2.59. The summed E-state index contributed by atoms with van der Waals surface area (Å²) in [6.45, 7) is 0.220. The molecule has 0 saturated heterocycles. The van der Waals surface area contributed by atoms with Crippen LogP contribution < -0.4 is 5.32 Å². The maximum atomic E-state index is 11.4. The number of methoxy groups -OCH3 is 2. The topological polar surface area (TPSA) is 64.6 Å². The van der Waals surface area contributed by atoms with E-state index in [1.165, 1.54) is 14.2 Å². The van der Waals surface area contributed by atoms with Crippen molar-refractivity contribution in [3.8, 4) is 0 Å². The number of nitrogens with one attached hydrogen (secondary N) is 1. The summed E-state index contributed by atoms with van der Waals surface area (Å²) in [5.41, 5.74) is 1.11. The number of alkyl carbamates (subject to hydrolysis) is 1. The zero-order valence-electron chi connectivity index (χ0n) is 9.15. The largest absolute Gasteiger partial charge is 0.465 e. The van der Waals surface area contributed by atoms with Crippen LogP contribution in [0.1, 0.15) is 15.9 Å². The molecule has 0 atom stereocenters. The number of carbonyl (C=O) groups is 2. The smallest absolute Gasteiger partial charge is 0.407 e. The zero-order valence-corrected chi connectivity index (χ0v) is 9.15. The molecule has 0 saturated carbocycles. The predicted octanol–water partition coefficient (Wildman–Crippen LogP) is 1.33. The average Bonchev–Trinajstić information content (AvgIpc) is 2.35. The molecule has 16 heavy (non-hydrogen) atoms. The Bertz CT molecular complexity index is 389. The first-order valence-corrected chi connectivity index (χ1v) is 4.67. The molecule has 5 heteroatoms. The third-order valence-corrected chi connectivity index (χ3v) is 2.03.